The van der Waals surface area contributed by atoms with Gasteiger partial charge in [-0.3, -0.25) is 0 Å². The largest absolute Gasteiger partial charge is 0.0776 e. The van der Waals surface area contributed by atoms with E-state index < -0.39 is 0 Å². The predicted octanol–water partition coefficient (Wildman–Crippen LogP) is 3.32. The van der Waals surface area contributed by atoms with Crippen LogP contribution in [0.3, 0.4) is 0 Å². The second kappa shape index (κ2) is 217. The predicted molar refractivity (Wildman–Crippen MR) is 36.2 cm³/mol. The first-order valence-corrected chi connectivity index (χ1v) is 2.00. The second-order valence-corrected chi connectivity index (χ2v) is 0. The Bertz CT molecular complexity index is 4.14. The second-order valence-electron chi connectivity index (χ2n) is 0. The zero-order chi connectivity index (χ0) is 4.00. The van der Waals surface area contributed by atoms with Crippen LogP contribution in [0.2, 0.25) is 0 Å². The number of rotatable bonds is 0. The van der Waals surface area contributed by atoms with Crippen molar-refractivity contribution in [1.29, 1.82) is 0 Å². The molecular formula is C6H20Y. The molecular weight excluding hydrogens is 161 g/mol. The Morgan fingerprint density at radius 3 is 0.571 bits per heavy atom. The first kappa shape index (κ1) is 42.4. The summed E-state index contributed by atoms with van der Waals surface area (Å²) in [6.07, 6.45) is 0. The monoisotopic (exact) mass is 181 g/mol. The molecule has 0 amide bonds. The third-order valence-electron chi connectivity index (χ3n) is 0. The average molecular weight is 181 g/mol. The Labute approximate surface area is 75.0 Å². The molecule has 0 fully saturated rings. The van der Waals surface area contributed by atoms with Crippen LogP contribution < -0.4 is 0 Å². The van der Waals surface area contributed by atoms with Gasteiger partial charge in [-0.25, -0.2) is 0 Å². The SMILES string of the molecule is C.C.CC.CC.[Y]. The van der Waals surface area contributed by atoms with E-state index in [1.165, 1.54) is 0 Å². The minimum absolute atomic E-state index is 0. The molecule has 0 spiro atoms. The fraction of sp³-hybridized carbons (Fsp3) is 1.00. The van der Waals surface area contributed by atoms with Crippen LogP contribution in [-0.4, -0.2) is 0 Å². The summed E-state index contributed by atoms with van der Waals surface area (Å²) in [5.41, 5.74) is 0. The maximum atomic E-state index is 2.00. The van der Waals surface area contributed by atoms with Crippen molar-refractivity contribution >= 4 is 0 Å². The fourth-order valence-electron chi connectivity index (χ4n) is 0. The van der Waals surface area contributed by atoms with E-state index in [4.69, 9.17) is 0 Å². The quantitative estimate of drug-likeness (QED) is 0.537. The van der Waals surface area contributed by atoms with Gasteiger partial charge in [-0.05, 0) is 0 Å². The Balaban J connectivity index is -0.00000000267. The van der Waals surface area contributed by atoms with E-state index >= 15 is 0 Å². The maximum absolute atomic E-state index is 2.00. The van der Waals surface area contributed by atoms with E-state index in [-0.39, 0.29) is 47.6 Å². The molecule has 0 aromatic heterocycles. The van der Waals surface area contributed by atoms with Gasteiger partial charge >= 0.3 is 0 Å². The van der Waals surface area contributed by atoms with Gasteiger partial charge in [-0.15, -0.1) is 0 Å². The van der Waals surface area contributed by atoms with Crippen LogP contribution in [0.4, 0.5) is 0 Å². The summed E-state index contributed by atoms with van der Waals surface area (Å²) in [6.45, 7) is 8.00. The molecule has 0 N–H and O–H groups in total. The fourth-order valence-corrected chi connectivity index (χ4v) is 0. The maximum Gasteiger partial charge on any atom is 0 e. The van der Waals surface area contributed by atoms with Crippen LogP contribution in [0, 0.1) is 0 Å². The van der Waals surface area contributed by atoms with Gasteiger partial charge in [0.25, 0.3) is 0 Å². The molecule has 0 rings (SSSR count). The van der Waals surface area contributed by atoms with Gasteiger partial charge in [0, 0.05) is 32.7 Å². The third kappa shape index (κ3) is 152. The zero-order valence-electron chi connectivity index (χ0n) is 4.58. The van der Waals surface area contributed by atoms with Gasteiger partial charge in [0.05, 0.1) is 0 Å². The van der Waals surface area contributed by atoms with Crippen LogP contribution in [0.1, 0.15) is 42.5 Å². The van der Waals surface area contributed by atoms with Gasteiger partial charge in [0.2, 0.25) is 0 Å². The van der Waals surface area contributed by atoms with Crippen LogP contribution in [0.5, 0.6) is 0 Å². The third-order valence-corrected chi connectivity index (χ3v) is 0. The van der Waals surface area contributed by atoms with Crippen molar-refractivity contribution in [3.63, 3.8) is 0 Å². The molecule has 0 heterocycles. The van der Waals surface area contributed by atoms with Crippen molar-refractivity contribution in [2.24, 2.45) is 0 Å². The molecule has 0 aliphatic rings. The molecule has 0 saturated carbocycles. The van der Waals surface area contributed by atoms with Gasteiger partial charge in [-0.2, -0.15) is 0 Å². The molecule has 0 unspecified atom stereocenters. The summed E-state index contributed by atoms with van der Waals surface area (Å²) >= 11 is 0. The Morgan fingerprint density at radius 1 is 0.571 bits per heavy atom. The summed E-state index contributed by atoms with van der Waals surface area (Å²) in [7, 11) is 0. The van der Waals surface area contributed by atoms with E-state index in [0.29, 0.717) is 0 Å². The molecule has 0 aliphatic heterocycles. The Hall–Kier alpha value is 1.10. The van der Waals surface area contributed by atoms with Crippen molar-refractivity contribution in [2.45, 2.75) is 42.5 Å². The molecule has 0 aromatic carbocycles. The minimum Gasteiger partial charge on any atom is -0.0776 e. The molecule has 0 bridgehead atoms. The molecule has 47 valence electrons. The number of hydrogen-bond donors (Lipinski definition) is 0. The summed E-state index contributed by atoms with van der Waals surface area (Å²) in [5.74, 6) is 0. The molecule has 0 nitrogen and oxygen atoms in total. The van der Waals surface area contributed by atoms with Crippen molar-refractivity contribution in [2.75, 3.05) is 0 Å². The number of hydrogen-bond acceptors (Lipinski definition) is 0. The van der Waals surface area contributed by atoms with Gasteiger partial charge in [0.1, 0.15) is 0 Å². The molecule has 0 aliphatic carbocycles. The van der Waals surface area contributed by atoms with E-state index in [9.17, 15) is 0 Å². The van der Waals surface area contributed by atoms with Crippen molar-refractivity contribution < 1.29 is 32.7 Å². The van der Waals surface area contributed by atoms with E-state index in [2.05, 4.69) is 0 Å². The van der Waals surface area contributed by atoms with Crippen molar-refractivity contribution in [1.82, 2.24) is 0 Å². The first-order chi connectivity index (χ1) is 2.00. The van der Waals surface area contributed by atoms with Crippen LogP contribution in [-0.2, 0) is 32.7 Å². The molecule has 0 aromatic rings. The summed E-state index contributed by atoms with van der Waals surface area (Å²) in [4.78, 5) is 0. The normalized spacial score (nSPS) is 1.71. The Kier molecular flexibility index (Phi) is 1320. The first-order valence-electron chi connectivity index (χ1n) is 2.00. The standard InChI is InChI=1S/2C2H6.2CH4.Y/c2*1-2;;;/h2*1-2H3;2*1H4;. The van der Waals surface area contributed by atoms with Crippen LogP contribution in [0.15, 0.2) is 0 Å². The van der Waals surface area contributed by atoms with Crippen molar-refractivity contribution in [3.05, 3.63) is 0 Å². The van der Waals surface area contributed by atoms with Crippen LogP contribution in [0.25, 0.3) is 0 Å². The molecule has 7 heavy (non-hydrogen) atoms. The summed E-state index contributed by atoms with van der Waals surface area (Å²) in [5, 5.41) is 0. The Morgan fingerprint density at radius 2 is 0.571 bits per heavy atom. The van der Waals surface area contributed by atoms with E-state index in [0.717, 1.165) is 0 Å². The van der Waals surface area contributed by atoms with Crippen molar-refractivity contribution in [3.8, 4) is 0 Å². The molecule has 1 heteroatoms. The van der Waals surface area contributed by atoms with Gasteiger partial charge in [-0.1, -0.05) is 42.5 Å². The molecule has 1 radical (unpaired) electrons. The summed E-state index contributed by atoms with van der Waals surface area (Å²) < 4.78 is 0. The van der Waals surface area contributed by atoms with Crippen LogP contribution >= 0.6 is 0 Å². The summed E-state index contributed by atoms with van der Waals surface area (Å²) in [6, 6.07) is 0. The molecule has 0 saturated heterocycles. The molecule has 0 atom stereocenters. The average Bonchev–Trinajstić information content (AvgIpc) is 1.50. The topological polar surface area (TPSA) is 0 Å². The van der Waals surface area contributed by atoms with E-state index in [1.54, 1.807) is 0 Å². The van der Waals surface area contributed by atoms with Gasteiger partial charge in [0.15, 0.2) is 0 Å². The smallest absolute Gasteiger partial charge is 0 e. The minimum atomic E-state index is 0. The van der Waals surface area contributed by atoms with E-state index in [1.807, 2.05) is 27.7 Å². The van der Waals surface area contributed by atoms with Gasteiger partial charge < -0.3 is 0 Å². The zero-order valence-corrected chi connectivity index (χ0v) is 7.42.